The van der Waals surface area contributed by atoms with Crippen molar-refractivity contribution in [1.82, 2.24) is 15.0 Å². The summed E-state index contributed by atoms with van der Waals surface area (Å²) in [5.74, 6) is -0.412. The van der Waals surface area contributed by atoms with Gasteiger partial charge in [0, 0.05) is 6.08 Å². The van der Waals surface area contributed by atoms with Crippen LogP contribution in [0.25, 0.3) is 11.8 Å². The molecule has 0 aliphatic heterocycles. The third kappa shape index (κ3) is 4.16. The van der Waals surface area contributed by atoms with Gasteiger partial charge in [-0.05, 0) is 30.7 Å². The van der Waals surface area contributed by atoms with Gasteiger partial charge in [0.1, 0.15) is 12.3 Å². The van der Waals surface area contributed by atoms with Gasteiger partial charge in [0.15, 0.2) is 0 Å². The van der Waals surface area contributed by atoms with E-state index in [9.17, 15) is 4.79 Å². The summed E-state index contributed by atoms with van der Waals surface area (Å²) >= 11 is 0. The lowest BCUT2D eigenvalue weighted by molar-refractivity contribution is -0.139. The van der Waals surface area contributed by atoms with E-state index in [1.165, 1.54) is 16.4 Å². The van der Waals surface area contributed by atoms with Crippen LogP contribution in [0.4, 0.5) is 0 Å². The van der Waals surface area contributed by atoms with Crippen molar-refractivity contribution in [2.45, 2.75) is 13.5 Å². The van der Waals surface area contributed by atoms with Crippen molar-refractivity contribution in [3.63, 3.8) is 0 Å². The second-order valence-electron chi connectivity index (χ2n) is 5.31. The number of para-hydroxylation sites is 1. The maximum atomic E-state index is 11.8. The van der Waals surface area contributed by atoms with Crippen LogP contribution in [0.3, 0.4) is 0 Å². The first-order valence-electron chi connectivity index (χ1n) is 7.59. The molecule has 120 valence electrons. The summed E-state index contributed by atoms with van der Waals surface area (Å²) in [6.45, 7) is 2.11. The topological polar surface area (TPSA) is 57.0 Å². The zero-order valence-electron chi connectivity index (χ0n) is 13.3. The Morgan fingerprint density at radius 1 is 1.12 bits per heavy atom. The highest BCUT2D eigenvalue weighted by Gasteiger charge is 2.05. The first-order chi connectivity index (χ1) is 11.7. The van der Waals surface area contributed by atoms with Crippen LogP contribution in [0.1, 0.15) is 16.8 Å². The molecular formula is C19H17N3O2. The minimum atomic E-state index is -0.412. The Balaban J connectivity index is 1.55. The molecule has 24 heavy (non-hydrogen) atoms. The number of benzene rings is 2. The Morgan fingerprint density at radius 2 is 1.88 bits per heavy atom. The highest BCUT2D eigenvalue weighted by molar-refractivity contribution is 5.87. The van der Waals surface area contributed by atoms with Crippen LogP contribution in [0, 0.1) is 6.92 Å². The second-order valence-corrected chi connectivity index (χ2v) is 5.31. The molecule has 3 rings (SSSR count). The molecule has 0 fully saturated rings. The van der Waals surface area contributed by atoms with Crippen LogP contribution in [-0.2, 0) is 16.1 Å². The Morgan fingerprint density at radius 3 is 2.62 bits per heavy atom. The molecule has 0 unspecified atom stereocenters. The third-order valence-electron chi connectivity index (χ3n) is 3.38. The molecule has 0 saturated carbocycles. The summed E-state index contributed by atoms with van der Waals surface area (Å²) in [6.07, 6.45) is 4.72. The Hall–Kier alpha value is -3.21. The second kappa shape index (κ2) is 7.37. The fourth-order valence-corrected chi connectivity index (χ4v) is 2.08. The zero-order valence-corrected chi connectivity index (χ0v) is 13.3. The predicted molar refractivity (Wildman–Crippen MR) is 91.4 cm³/mol. The van der Waals surface area contributed by atoms with Crippen LogP contribution in [0.15, 0.2) is 66.9 Å². The van der Waals surface area contributed by atoms with E-state index in [0.29, 0.717) is 5.69 Å². The minimum Gasteiger partial charge on any atom is -0.456 e. The van der Waals surface area contributed by atoms with Gasteiger partial charge in [-0.15, -0.1) is 5.10 Å². The number of aryl methyl sites for hydroxylation is 1. The summed E-state index contributed by atoms with van der Waals surface area (Å²) < 4.78 is 5.18. The molecule has 0 radical (unpaired) electrons. The highest BCUT2D eigenvalue weighted by atomic mass is 16.5. The molecule has 3 aromatic rings. The molecule has 0 aliphatic rings. The fourth-order valence-electron chi connectivity index (χ4n) is 2.08. The largest absolute Gasteiger partial charge is 0.456 e. The van der Waals surface area contributed by atoms with Gasteiger partial charge in [0.25, 0.3) is 0 Å². The van der Waals surface area contributed by atoms with E-state index >= 15 is 0 Å². The summed E-state index contributed by atoms with van der Waals surface area (Å²) in [7, 11) is 0. The molecule has 0 bridgehead atoms. The Labute approximate surface area is 140 Å². The van der Waals surface area contributed by atoms with Crippen molar-refractivity contribution >= 4 is 12.0 Å². The van der Waals surface area contributed by atoms with E-state index in [1.54, 1.807) is 12.3 Å². The number of nitrogens with zero attached hydrogens (tertiary/aromatic N) is 3. The lowest BCUT2D eigenvalue weighted by atomic mass is 10.1. The normalized spacial score (nSPS) is 10.9. The van der Waals surface area contributed by atoms with Crippen molar-refractivity contribution in [1.29, 1.82) is 0 Å². The number of ether oxygens (including phenoxy) is 1. The molecule has 0 saturated heterocycles. The minimum absolute atomic E-state index is 0.0872. The molecule has 1 aromatic heterocycles. The van der Waals surface area contributed by atoms with Crippen molar-refractivity contribution in [3.05, 3.63) is 83.7 Å². The number of esters is 1. The molecule has 5 heteroatoms. The monoisotopic (exact) mass is 319 g/mol. The molecule has 0 amide bonds. The molecule has 0 N–H and O–H groups in total. The first kappa shape index (κ1) is 15.7. The van der Waals surface area contributed by atoms with E-state index in [-0.39, 0.29) is 6.61 Å². The number of carbonyl (C=O) groups excluding carboxylic acids is 1. The quantitative estimate of drug-likeness (QED) is 0.534. The van der Waals surface area contributed by atoms with Gasteiger partial charge < -0.3 is 4.74 Å². The molecule has 0 aliphatic carbocycles. The van der Waals surface area contributed by atoms with E-state index in [2.05, 4.69) is 10.2 Å². The van der Waals surface area contributed by atoms with E-state index in [1.807, 2.05) is 61.5 Å². The summed E-state index contributed by atoms with van der Waals surface area (Å²) in [5.41, 5.74) is 3.58. The number of rotatable bonds is 5. The van der Waals surface area contributed by atoms with Gasteiger partial charge in [0.05, 0.1) is 11.9 Å². The maximum Gasteiger partial charge on any atom is 0.331 e. The summed E-state index contributed by atoms with van der Waals surface area (Å²) in [5, 5.41) is 8.45. The van der Waals surface area contributed by atoms with Crippen LogP contribution >= 0.6 is 0 Å². The van der Waals surface area contributed by atoms with Gasteiger partial charge in [-0.25, -0.2) is 4.79 Å². The molecule has 0 atom stereocenters. The summed E-state index contributed by atoms with van der Waals surface area (Å²) in [6, 6.07) is 17.4. The number of carbonyl (C=O) groups is 1. The Bertz CT molecular complexity index is 837. The molecule has 0 spiro atoms. The van der Waals surface area contributed by atoms with Gasteiger partial charge in [-0.2, -0.15) is 9.90 Å². The van der Waals surface area contributed by atoms with Gasteiger partial charge >= 0.3 is 5.97 Å². The number of hydrogen-bond acceptors (Lipinski definition) is 4. The molecule has 1 heterocycles. The lowest BCUT2D eigenvalue weighted by Crippen LogP contribution is -2.03. The molecule has 2 aromatic carbocycles. The Kier molecular flexibility index (Phi) is 4.81. The maximum absolute atomic E-state index is 11.8. The van der Waals surface area contributed by atoms with Crippen molar-refractivity contribution in [2.75, 3.05) is 0 Å². The van der Waals surface area contributed by atoms with Crippen LogP contribution < -0.4 is 0 Å². The van der Waals surface area contributed by atoms with Gasteiger partial charge in [0.2, 0.25) is 0 Å². The van der Waals surface area contributed by atoms with Gasteiger partial charge in [-0.3, -0.25) is 0 Å². The molecular weight excluding hydrogens is 302 g/mol. The van der Waals surface area contributed by atoms with E-state index < -0.39 is 5.97 Å². The third-order valence-corrected chi connectivity index (χ3v) is 3.38. The summed E-state index contributed by atoms with van der Waals surface area (Å²) in [4.78, 5) is 13.3. The fraction of sp³-hybridized carbons (Fsp3) is 0.105. The van der Waals surface area contributed by atoms with Gasteiger partial charge in [-0.1, -0.05) is 48.0 Å². The zero-order chi connectivity index (χ0) is 16.8. The highest BCUT2D eigenvalue weighted by Crippen LogP contribution is 2.07. The SMILES string of the molecule is Cc1ccc(/C=C/C(=O)OCc2cnn(-c3ccccc3)n2)cc1. The number of hydrogen-bond donors (Lipinski definition) is 0. The average Bonchev–Trinajstić information content (AvgIpc) is 3.09. The predicted octanol–water partition coefficient (Wildman–Crippen LogP) is 3.33. The van der Waals surface area contributed by atoms with E-state index in [0.717, 1.165) is 11.3 Å². The van der Waals surface area contributed by atoms with E-state index in [4.69, 9.17) is 4.74 Å². The van der Waals surface area contributed by atoms with Crippen molar-refractivity contribution in [2.24, 2.45) is 0 Å². The van der Waals surface area contributed by atoms with Crippen molar-refractivity contribution < 1.29 is 9.53 Å². The smallest absolute Gasteiger partial charge is 0.331 e. The van der Waals surface area contributed by atoms with Crippen molar-refractivity contribution in [3.8, 4) is 5.69 Å². The van der Waals surface area contributed by atoms with Crippen LogP contribution in [0.2, 0.25) is 0 Å². The lowest BCUT2D eigenvalue weighted by Gasteiger charge is -1.99. The van der Waals surface area contributed by atoms with Crippen LogP contribution in [0.5, 0.6) is 0 Å². The van der Waals surface area contributed by atoms with Crippen LogP contribution in [-0.4, -0.2) is 21.0 Å². The molecule has 5 nitrogen and oxygen atoms in total. The average molecular weight is 319 g/mol. The number of aromatic nitrogens is 3. The standard InChI is InChI=1S/C19H17N3O2/c1-15-7-9-16(10-8-15)11-12-19(23)24-14-17-13-20-22(21-17)18-5-3-2-4-6-18/h2-13H,14H2,1H3/b12-11+. The first-order valence-corrected chi connectivity index (χ1v) is 7.59.